The van der Waals surface area contributed by atoms with E-state index in [1.165, 1.54) is 33.4 Å². The van der Waals surface area contributed by atoms with Gasteiger partial charge < -0.3 is 0 Å². The van der Waals surface area contributed by atoms with Crippen molar-refractivity contribution >= 4 is 11.0 Å². The van der Waals surface area contributed by atoms with Gasteiger partial charge in [-0.25, -0.2) is 9.97 Å². The van der Waals surface area contributed by atoms with Crippen LogP contribution in [-0.2, 0) is 0 Å². The number of fused-ring (bicyclic) bond motifs is 1. The molecule has 0 radical (unpaired) electrons. The zero-order valence-corrected chi connectivity index (χ0v) is 25.2. The minimum atomic E-state index is 0.883. The third-order valence-electron chi connectivity index (χ3n) is 8.45. The molecule has 46 heavy (non-hydrogen) atoms. The molecule has 0 aliphatic carbocycles. The molecule has 0 aliphatic rings. The number of hydrogen-bond acceptors (Lipinski definition) is 2. The Kier molecular flexibility index (Phi) is 7.22. The fourth-order valence-corrected chi connectivity index (χ4v) is 6.11. The van der Waals surface area contributed by atoms with Gasteiger partial charge in [-0.1, -0.05) is 146 Å². The first kappa shape index (κ1) is 27.4. The Morgan fingerprint density at radius 2 is 0.500 bits per heavy atom. The number of nitrogens with zero attached hydrogens (tertiary/aromatic N) is 2. The second kappa shape index (κ2) is 12.1. The van der Waals surface area contributed by atoms with Crippen LogP contribution in [0.4, 0.5) is 0 Å². The highest BCUT2D eigenvalue weighted by Crippen LogP contribution is 2.35. The molecule has 0 saturated heterocycles. The van der Waals surface area contributed by atoms with E-state index in [-0.39, 0.29) is 0 Å². The molecule has 0 amide bonds. The number of rotatable bonds is 6. The average Bonchev–Trinajstić information content (AvgIpc) is 3.15. The van der Waals surface area contributed by atoms with Crippen LogP contribution in [0.15, 0.2) is 182 Å². The van der Waals surface area contributed by atoms with Crippen LogP contribution in [0.2, 0.25) is 0 Å². The van der Waals surface area contributed by atoms with Crippen LogP contribution in [0.3, 0.4) is 0 Å². The summed E-state index contributed by atoms with van der Waals surface area (Å²) >= 11 is 0. The minimum Gasteiger partial charge on any atom is -0.244 e. The van der Waals surface area contributed by atoms with E-state index in [1.807, 2.05) is 42.5 Å². The zero-order chi connectivity index (χ0) is 30.7. The monoisotopic (exact) mass is 586 g/mol. The second-order valence-corrected chi connectivity index (χ2v) is 11.5. The first-order valence-electron chi connectivity index (χ1n) is 15.6. The minimum absolute atomic E-state index is 0.883. The van der Waals surface area contributed by atoms with Crippen LogP contribution in [-0.4, -0.2) is 9.97 Å². The molecule has 0 unspecified atom stereocenters. The van der Waals surface area contributed by atoms with Crippen molar-refractivity contribution in [1.29, 1.82) is 0 Å². The molecule has 8 rings (SSSR count). The van der Waals surface area contributed by atoms with E-state index in [2.05, 4.69) is 140 Å². The van der Waals surface area contributed by atoms with Crippen molar-refractivity contribution in [2.24, 2.45) is 0 Å². The third kappa shape index (κ3) is 5.49. The molecule has 1 heterocycles. The number of hydrogen-bond donors (Lipinski definition) is 0. The van der Waals surface area contributed by atoms with E-state index in [0.717, 1.165) is 44.7 Å². The summed E-state index contributed by atoms with van der Waals surface area (Å²) in [6.45, 7) is 0. The summed E-state index contributed by atoms with van der Waals surface area (Å²) in [4.78, 5) is 10.2. The molecule has 0 fully saturated rings. The lowest BCUT2D eigenvalue weighted by Crippen LogP contribution is -1.95. The first-order valence-corrected chi connectivity index (χ1v) is 15.6. The van der Waals surface area contributed by atoms with Crippen LogP contribution in [0.25, 0.3) is 78.1 Å². The molecule has 0 bridgehead atoms. The molecule has 7 aromatic carbocycles. The Morgan fingerprint density at radius 3 is 0.935 bits per heavy atom. The van der Waals surface area contributed by atoms with Gasteiger partial charge in [-0.15, -0.1) is 0 Å². The van der Waals surface area contributed by atoms with Crippen molar-refractivity contribution in [2.75, 3.05) is 0 Å². The summed E-state index contributed by atoms with van der Waals surface area (Å²) < 4.78 is 0. The van der Waals surface area contributed by atoms with Crippen LogP contribution in [0, 0.1) is 0 Å². The van der Waals surface area contributed by atoms with E-state index in [1.54, 1.807) is 0 Å². The summed E-state index contributed by atoms with van der Waals surface area (Å²) in [5, 5.41) is 0. The Labute approximate surface area is 269 Å². The van der Waals surface area contributed by atoms with E-state index in [0.29, 0.717) is 0 Å². The van der Waals surface area contributed by atoms with Gasteiger partial charge in [0, 0.05) is 11.1 Å². The number of aromatic nitrogens is 2. The van der Waals surface area contributed by atoms with Crippen molar-refractivity contribution < 1.29 is 0 Å². The first-order chi connectivity index (χ1) is 22.8. The topological polar surface area (TPSA) is 25.8 Å². The van der Waals surface area contributed by atoms with Crippen molar-refractivity contribution in [3.63, 3.8) is 0 Å². The molecule has 2 nitrogen and oxygen atoms in total. The van der Waals surface area contributed by atoms with Crippen molar-refractivity contribution in [1.82, 2.24) is 9.97 Å². The molecule has 0 N–H and O–H groups in total. The normalized spacial score (nSPS) is 11.0. The predicted octanol–water partition coefficient (Wildman–Crippen LogP) is 11.6. The predicted molar refractivity (Wildman–Crippen MR) is 192 cm³/mol. The van der Waals surface area contributed by atoms with Gasteiger partial charge in [0.05, 0.1) is 22.4 Å². The Bertz CT molecular complexity index is 2310. The molecule has 0 spiro atoms. The summed E-state index contributed by atoms with van der Waals surface area (Å²) in [5.41, 5.74) is 15.2. The summed E-state index contributed by atoms with van der Waals surface area (Å²) in [6, 6.07) is 64.0. The van der Waals surface area contributed by atoms with Gasteiger partial charge in [0.25, 0.3) is 0 Å². The Balaban J connectivity index is 1.16. The van der Waals surface area contributed by atoms with Gasteiger partial charge in [0.1, 0.15) is 0 Å². The van der Waals surface area contributed by atoms with Crippen LogP contribution < -0.4 is 0 Å². The standard InChI is InChI=1S/C44H30N2/c1-3-13-31(14-4-1)33-17-9-18-34(27-33)35-19-10-20-36(28-35)37-21-11-22-38(29-37)39-23-12-24-40(30-39)44-43(32-15-5-2-6-16-32)45-41-25-7-8-26-42(41)46-44/h1-30H. The van der Waals surface area contributed by atoms with Gasteiger partial charge in [0.2, 0.25) is 0 Å². The Hall–Kier alpha value is -6.12. The smallest absolute Gasteiger partial charge is 0.0973 e. The second-order valence-electron chi connectivity index (χ2n) is 11.5. The quantitative estimate of drug-likeness (QED) is 0.194. The molecular formula is C44H30N2. The fourth-order valence-electron chi connectivity index (χ4n) is 6.11. The molecule has 2 heteroatoms. The SMILES string of the molecule is c1ccc(-c2cccc(-c3cccc(-c4cccc(-c5cccc(-c6nc7ccccc7nc6-c6ccccc6)c5)c4)c3)c2)cc1. The zero-order valence-electron chi connectivity index (χ0n) is 25.2. The molecule has 216 valence electrons. The highest BCUT2D eigenvalue weighted by Gasteiger charge is 2.14. The lowest BCUT2D eigenvalue weighted by Gasteiger charge is -2.13. The van der Waals surface area contributed by atoms with Gasteiger partial charge in [-0.05, 0) is 80.9 Å². The maximum atomic E-state index is 5.12. The molecule has 8 aromatic rings. The van der Waals surface area contributed by atoms with Crippen LogP contribution >= 0.6 is 0 Å². The molecule has 1 aromatic heterocycles. The molecule has 0 atom stereocenters. The molecule has 0 aliphatic heterocycles. The van der Waals surface area contributed by atoms with Gasteiger partial charge in [-0.3, -0.25) is 0 Å². The van der Waals surface area contributed by atoms with E-state index >= 15 is 0 Å². The third-order valence-corrected chi connectivity index (χ3v) is 8.45. The maximum absolute atomic E-state index is 5.12. The lowest BCUT2D eigenvalue weighted by atomic mass is 9.94. The number of para-hydroxylation sites is 2. The summed E-state index contributed by atoms with van der Waals surface area (Å²) in [5.74, 6) is 0. The number of benzene rings is 7. The average molecular weight is 587 g/mol. The van der Waals surface area contributed by atoms with E-state index < -0.39 is 0 Å². The van der Waals surface area contributed by atoms with E-state index in [9.17, 15) is 0 Å². The molecular weight excluding hydrogens is 556 g/mol. The van der Waals surface area contributed by atoms with Crippen molar-refractivity contribution in [3.05, 3.63) is 182 Å². The van der Waals surface area contributed by atoms with Gasteiger partial charge in [0.15, 0.2) is 0 Å². The maximum Gasteiger partial charge on any atom is 0.0973 e. The van der Waals surface area contributed by atoms with Gasteiger partial charge >= 0.3 is 0 Å². The van der Waals surface area contributed by atoms with Crippen LogP contribution in [0.1, 0.15) is 0 Å². The van der Waals surface area contributed by atoms with Crippen molar-refractivity contribution in [3.8, 4) is 67.0 Å². The summed E-state index contributed by atoms with van der Waals surface area (Å²) in [6.07, 6.45) is 0. The Morgan fingerprint density at radius 1 is 0.217 bits per heavy atom. The largest absolute Gasteiger partial charge is 0.244 e. The van der Waals surface area contributed by atoms with Crippen LogP contribution in [0.5, 0.6) is 0 Å². The fraction of sp³-hybridized carbons (Fsp3) is 0. The van der Waals surface area contributed by atoms with Gasteiger partial charge in [-0.2, -0.15) is 0 Å². The summed E-state index contributed by atoms with van der Waals surface area (Å²) in [7, 11) is 0. The highest BCUT2D eigenvalue weighted by atomic mass is 14.8. The molecule has 0 saturated carbocycles. The lowest BCUT2D eigenvalue weighted by molar-refractivity contribution is 1.29. The van der Waals surface area contributed by atoms with E-state index in [4.69, 9.17) is 9.97 Å². The van der Waals surface area contributed by atoms with Crippen molar-refractivity contribution in [2.45, 2.75) is 0 Å². The highest BCUT2D eigenvalue weighted by molar-refractivity contribution is 5.88.